The first-order valence-corrected chi connectivity index (χ1v) is 7.24. The first-order chi connectivity index (χ1) is 11.1. The number of carbonyl (C=O) groups excluding carboxylic acids is 2. The molecule has 1 aromatic rings. The topological polar surface area (TPSA) is 78.6 Å². The largest absolute Gasteiger partial charge is 0.449 e. The number of anilines is 1. The van der Waals surface area contributed by atoms with E-state index in [1.807, 2.05) is 13.8 Å². The number of hydrogen-bond donors (Lipinski definition) is 1. The van der Waals surface area contributed by atoms with E-state index in [4.69, 9.17) is 15.2 Å². The summed E-state index contributed by atoms with van der Waals surface area (Å²) in [6.45, 7) is 3.78. The molecule has 0 saturated heterocycles. The Morgan fingerprint density at radius 2 is 1.30 bits per heavy atom. The molecule has 0 unspecified atom stereocenters. The first kappa shape index (κ1) is 18.1. The average molecular weight is 313 g/mol. The Labute approximate surface area is 136 Å². The van der Waals surface area contributed by atoms with Gasteiger partial charge in [-0.1, -0.05) is 25.7 Å². The van der Waals surface area contributed by atoms with Crippen molar-refractivity contribution in [1.29, 1.82) is 0 Å². The second kappa shape index (κ2) is 9.92. The van der Waals surface area contributed by atoms with Gasteiger partial charge in [0.15, 0.2) is 13.2 Å². The maximum atomic E-state index is 11.9. The highest BCUT2D eigenvalue weighted by Gasteiger charge is 2.14. The molecule has 23 heavy (non-hydrogen) atoms. The summed E-state index contributed by atoms with van der Waals surface area (Å²) in [6, 6.07) is 4.24. The molecule has 0 aliphatic rings. The zero-order chi connectivity index (χ0) is 17.1. The van der Waals surface area contributed by atoms with Gasteiger partial charge in [-0.25, -0.2) is 9.59 Å². The Balaban J connectivity index is 2.78. The van der Waals surface area contributed by atoms with E-state index in [-0.39, 0.29) is 30.0 Å². The number of nitrogens with two attached hydrogens (primary N) is 1. The van der Waals surface area contributed by atoms with Crippen LogP contribution in [0.2, 0.25) is 0 Å². The number of carbonyl (C=O) groups is 2. The number of esters is 2. The quantitative estimate of drug-likeness (QED) is 0.524. The van der Waals surface area contributed by atoms with Crippen molar-refractivity contribution in [2.24, 2.45) is 0 Å². The minimum atomic E-state index is -0.595. The number of ether oxygens (including phenoxy) is 2. The van der Waals surface area contributed by atoms with Gasteiger partial charge in [-0.3, -0.25) is 0 Å². The lowest BCUT2D eigenvalue weighted by Gasteiger charge is -2.06. The van der Waals surface area contributed by atoms with Gasteiger partial charge in [0.05, 0.1) is 11.1 Å². The van der Waals surface area contributed by atoms with Gasteiger partial charge >= 0.3 is 11.9 Å². The van der Waals surface area contributed by atoms with Gasteiger partial charge in [-0.2, -0.15) is 0 Å². The molecule has 2 N–H and O–H groups in total. The van der Waals surface area contributed by atoms with Crippen LogP contribution in [0, 0.1) is 23.7 Å². The second-order valence-corrected chi connectivity index (χ2v) is 4.41. The molecule has 0 fully saturated rings. The Morgan fingerprint density at radius 1 is 0.870 bits per heavy atom. The zero-order valence-electron chi connectivity index (χ0n) is 13.3. The van der Waals surface area contributed by atoms with Crippen LogP contribution in [0.1, 0.15) is 47.4 Å². The van der Waals surface area contributed by atoms with Gasteiger partial charge in [-0.15, -0.1) is 11.8 Å². The number of rotatable bonds is 4. The highest BCUT2D eigenvalue weighted by molar-refractivity contribution is 5.96. The molecule has 1 aromatic carbocycles. The SMILES string of the molecule is CCC#CCOC(=O)c1cc(N)cc(C(=O)OCC#CCC)c1. The lowest BCUT2D eigenvalue weighted by Crippen LogP contribution is -2.10. The molecule has 0 radical (unpaired) electrons. The number of nitrogen functional groups attached to an aromatic ring is 1. The van der Waals surface area contributed by atoms with Gasteiger partial charge in [0.1, 0.15) is 0 Å². The van der Waals surface area contributed by atoms with Gasteiger partial charge in [-0.05, 0) is 18.2 Å². The van der Waals surface area contributed by atoms with Crippen molar-refractivity contribution in [3.05, 3.63) is 29.3 Å². The predicted molar refractivity (Wildman–Crippen MR) is 87.6 cm³/mol. The molecule has 0 atom stereocenters. The van der Waals surface area contributed by atoms with Crippen LogP contribution < -0.4 is 5.73 Å². The van der Waals surface area contributed by atoms with Crippen LogP contribution >= 0.6 is 0 Å². The predicted octanol–water partition coefficient (Wildman–Crippen LogP) is 2.41. The van der Waals surface area contributed by atoms with Crippen molar-refractivity contribution in [1.82, 2.24) is 0 Å². The van der Waals surface area contributed by atoms with Gasteiger partial charge < -0.3 is 15.2 Å². The van der Waals surface area contributed by atoms with Crippen LogP contribution in [-0.2, 0) is 9.47 Å². The van der Waals surface area contributed by atoms with Crippen molar-refractivity contribution >= 4 is 17.6 Å². The van der Waals surface area contributed by atoms with Crippen LogP contribution in [0.4, 0.5) is 5.69 Å². The molecule has 1 rings (SSSR count). The van der Waals surface area contributed by atoms with Gasteiger partial charge in [0, 0.05) is 18.5 Å². The van der Waals surface area contributed by atoms with E-state index >= 15 is 0 Å². The Morgan fingerprint density at radius 3 is 1.70 bits per heavy atom. The Hall–Kier alpha value is -2.92. The summed E-state index contributed by atoms with van der Waals surface area (Å²) < 4.78 is 9.98. The summed E-state index contributed by atoms with van der Waals surface area (Å²) in [5.74, 6) is 9.78. The van der Waals surface area contributed by atoms with Crippen LogP contribution in [0.15, 0.2) is 18.2 Å². The maximum absolute atomic E-state index is 11.9. The molecule has 0 saturated carbocycles. The normalized spacial score (nSPS) is 8.96. The molecular weight excluding hydrogens is 294 g/mol. The number of benzene rings is 1. The monoisotopic (exact) mass is 313 g/mol. The average Bonchev–Trinajstić information content (AvgIpc) is 2.54. The molecule has 0 aliphatic carbocycles. The molecule has 0 amide bonds. The summed E-state index contributed by atoms with van der Waals surface area (Å²) in [6.07, 6.45) is 1.37. The maximum Gasteiger partial charge on any atom is 0.339 e. The molecule has 0 heterocycles. The molecular formula is C18H19NO4. The highest BCUT2D eigenvalue weighted by Crippen LogP contribution is 2.14. The molecule has 0 aliphatic heterocycles. The van der Waals surface area contributed by atoms with E-state index < -0.39 is 11.9 Å². The third kappa shape index (κ3) is 6.58. The van der Waals surface area contributed by atoms with Crippen molar-refractivity contribution in [2.75, 3.05) is 18.9 Å². The summed E-state index contributed by atoms with van der Waals surface area (Å²) in [4.78, 5) is 23.8. The van der Waals surface area contributed by atoms with E-state index in [2.05, 4.69) is 23.7 Å². The zero-order valence-corrected chi connectivity index (χ0v) is 13.3. The molecule has 120 valence electrons. The van der Waals surface area contributed by atoms with E-state index in [1.54, 1.807) is 0 Å². The summed E-state index contributed by atoms with van der Waals surface area (Å²) in [5.41, 5.74) is 6.34. The van der Waals surface area contributed by atoms with Crippen LogP contribution in [0.3, 0.4) is 0 Å². The van der Waals surface area contributed by atoms with E-state index in [0.717, 1.165) is 0 Å². The standard InChI is InChI=1S/C18H19NO4/c1-3-5-7-9-22-17(20)14-11-15(13-16(19)12-14)18(21)23-10-8-6-4-2/h11-13H,3-4,9-10,19H2,1-2H3. The fraction of sp³-hybridized carbons (Fsp3) is 0.333. The Kier molecular flexibility index (Phi) is 7.82. The van der Waals surface area contributed by atoms with Gasteiger partial charge in [0.25, 0.3) is 0 Å². The fourth-order valence-electron chi connectivity index (χ4n) is 1.61. The molecule has 0 aromatic heterocycles. The molecule has 0 bridgehead atoms. The minimum Gasteiger partial charge on any atom is -0.449 e. The van der Waals surface area contributed by atoms with Crippen LogP contribution in [0.5, 0.6) is 0 Å². The van der Waals surface area contributed by atoms with Crippen molar-refractivity contribution in [3.63, 3.8) is 0 Å². The summed E-state index contributed by atoms with van der Waals surface area (Å²) in [7, 11) is 0. The van der Waals surface area contributed by atoms with Crippen molar-refractivity contribution in [3.8, 4) is 23.7 Å². The highest BCUT2D eigenvalue weighted by atomic mass is 16.5. The smallest absolute Gasteiger partial charge is 0.339 e. The lowest BCUT2D eigenvalue weighted by molar-refractivity contribution is 0.0555. The van der Waals surface area contributed by atoms with Crippen molar-refractivity contribution < 1.29 is 19.1 Å². The van der Waals surface area contributed by atoms with Crippen LogP contribution in [-0.4, -0.2) is 25.2 Å². The lowest BCUT2D eigenvalue weighted by atomic mass is 10.1. The Bertz CT molecular complexity index is 630. The number of hydrogen-bond acceptors (Lipinski definition) is 5. The van der Waals surface area contributed by atoms with Crippen LogP contribution in [0.25, 0.3) is 0 Å². The van der Waals surface area contributed by atoms with E-state index in [9.17, 15) is 9.59 Å². The summed E-state index contributed by atoms with van der Waals surface area (Å²) in [5, 5.41) is 0. The minimum absolute atomic E-state index is 0.00609. The first-order valence-electron chi connectivity index (χ1n) is 7.24. The summed E-state index contributed by atoms with van der Waals surface area (Å²) >= 11 is 0. The van der Waals surface area contributed by atoms with E-state index in [0.29, 0.717) is 12.8 Å². The third-order valence-corrected chi connectivity index (χ3v) is 2.58. The van der Waals surface area contributed by atoms with Crippen molar-refractivity contribution in [2.45, 2.75) is 26.7 Å². The molecule has 0 spiro atoms. The second-order valence-electron chi connectivity index (χ2n) is 4.41. The molecule has 5 nitrogen and oxygen atoms in total. The molecule has 5 heteroatoms. The third-order valence-electron chi connectivity index (χ3n) is 2.58. The van der Waals surface area contributed by atoms with E-state index in [1.165, 1.54) is 18.2 Å². The fourth-order valence-corrected chi connectivity index (χ4v) is 1.61. The van der Waals surface area contributed by atoms with Gasteiger partial charge in [0.2, 0.25) is 0 Å².